The van der Waals surface area contributed by atoms with Gasteiger partial charge in [0, 0.05) is 14.2 Å². The average Bonchev–Trinajstić information content (AvgIpc) is 2.34. The van der Waals surface area contributed by atoms with Gasteiger partial charge in [0.05, 0.1) is 0 Å². The maximum absolute atomic E-state index is 4.25. The van der Waals surface area contributed by atoms with Crippen molar-refractivity contribution in [1.82, 2.24) is 0 Å². The fourth-order valence-corrected chi connectivity index (χ4v) is 1.69. The fraction of sp³-hybridized carbons (Fsp3) is 0.600. The lowest BCUT2D eigenvalue weighted by molar-refractivity contribution is 0.277. The van der Waals surface area contributed by atoms with E-state index < -0.39 is 0 Å². The lowest BCUT2D eigenvalue weighted by Crippen LogP contribution is -1.99. The van der Waals surface area contributed by atoms with Crippen molar-refractivity contribution in [3.8, 4) is 0 Å². The highest BCUT2D eigenvalue weighted by Crippen LogP contribution is 2.22. The summed E-state index contributed by atoms with van der Waals surface area (Å²) in [7, 11) is 3.25. The quantitative estimate of drug-likeness (QED) is 0.626. The summed E-state index contributed by atoms with van der Waals surface area (Å²) >= 11 is 0. The highest BCUT2D eigenvalue weighted by molar-refractivity contribution is 4.99. The Labute approximate surface area is 101 Å². The van der Waals surface area contributed by atoms with E-state index >= 15 is 0 Å². The van der Waals surface area contributed by atoms with E-state index in [-0.39, 0.29) is 0 Å². The zero-order valence-electron chi connectivity index (χ0n) is 11.0. The lowest BCUT2D eigenvalue weighted by atomic mass is 9.91. The number of rotatable bonds is 0. The van der Waals surface area contributed by atoms with E-state index in [4.69, 9.17) is 0 Å². The van der Waals surface area contributed by atoms with Crippen molar-refractivity contribution in [1.29, 1.82) is 0 Å². The largest absolute Gasteiger partial charge is 0.388 e. The molecule has 1 aliphatic rings. The van der Waals surface area contributed by atoms with Crippen LogP contribution in [0.25, 0.3) is 0 Å². The summed E-state index contributed by atoms with van der Waals surface area (Å²) in [6.45, 7) is 2.36. The van der Waals surface area contributed by atoms with Gasteiger partial charge in [-0.2, -0.15) is 0 Å². The molecule has 0 aromatic heterocycles. The van der Waals surface area contributed by atoms with Gasteiger partial charge < -0.3 is 4.74 Å². The van der Waals surface area contributed by atoms with E-state index in [0.29, 0.717) is 0 Å². The minimum atomic E-state index is 1.04. The molecule has 0 atom stereocenters. The Balaban J connectivity index is 0.000000230. The van der Waals surface area contributed by atoms with Gasteiger partial charge in [-0.25, -0.2) is 0 Å². The van der Waals surface area contributed by atoms with Gasteiger partial charge in [0.25, 0.3) is 0 Å². The molecule has 1 heteroatoms. The van der Waals surface area contributed by atoms with E-state index in [0.717, 1.165) is 5.92 Å². The molecule has 0 radical (unpaired) electrons. The first kappa shape index (κ1) is 15.2. The molecule has 16 heavy (non-hydrogen) atoms. The first-order valence-corrected chi connectivity index (χ1v) is 6.21. The van der Waals surface area contributed by atoms with Crippen molar-refractivity contribution >= 4 is 0 Å². The Morgan fingerprint density at radius 1 is 0.750 bits per heavy atom. The molecule has 0 amide bonds. The van der Waals surface area contributed by atoms with Gasteiger partial charge in [0.15, 0.2) is 0 Å². The third kappa shape index (κ3) is 11.3. The number of ether oxygens (including phenoxy) is 1. The molecule has 0 unspecified atom stereocenters. The van der Waals surface area contributed by atoms with Gasteiger partial charge >= 0.3 is 0 Å². The van der Waals surface area contributed by atoms with Crippen LogP contribution in [0.4, 0.5) is 0 Å². The van der Waals surface area contributed by atoms with Gasteiger partial charge in [-0.15, -0.1) is 0 Å². The molecule has 0 bridgehead atoms. The van der Waals surface area contributed by atoms with Crippen LogP contribution in [0.1, 0.15) is 39.0 Å². The summed E-state index contributed by atoms with van der Waals surface area (Å²) in [5.74, 6) is 1.04. The zero-order valence-corrected chi connectivity index (χ0v) is 11.0. The second-order valence-corrected chi connectivity index (χ2v) is 4.31. The number of benzene rings is 1. The van der Waals surface area contributed by atoms with E-state index in [2.05, 4.69) is 11.7 Å². The number of hydrogen-bond donors (Lipinski definition) is 0. The van der Waals surface area contributed by atoms with Crippen molar-refractivity contribution in [2.24, 2.45) is 5.92 Å². The highest BCUT2D eigenvalue weighted by atomic mass is 16.4. The first-order chi connectivity index (χ1) is 7.81. The van der Waals surface area contributed by atoms with Crippen molar-refractivity contribution < 1.29 is 4.74 Å². The van der Waals surface area contributed by atoms with Gasteiger partial charge in [-0.3, -0.25) is 0 Å². The van der Waals surface area contributed by atoms with Crippen LogP contribution in [-0.2, 0) is 4.74 Å². The predicted molar refractivity (Wildman–Crippen MR) is 71.6 cm³/mol. The van der Waals surface area contributed by atoms with E-state index in [9.17, 15) is 0 Å². The van der Waals surface area contributed by atoms with Crippen LogP contribution in [0.5, 0.6) is 0 Å². The average molecular weight is 222 g/mol. The maximum atomic E-state index is 4.25. The minimum Gasteiger partial charge on any atom is -0.388 e. The second kappa shape index (κ2) is 12.3. The van der Waals surface area contributed by atoms with Crippen molar-refractivity contribution in [3.05, 3.63) is 36.4 Å². The van der Waals surface area contributed by atoms with Gasteiger partial charge in [-0.1, -0.05) is 75.4 Å². The van der Waals surface area contributed by atoms with E-state index in [1.165, 1.54) is 32.1 Å². The normalized spacial score (nSPS) is 15.2. The van der Waals surface area contributed by atoms with Crippen LogP contribution >= 0.6 is 0 Å². The molecular weight excluding hydrogens is 196 g/mol. The zero-order chi connectivity index (χ0) is 12.1. The summed E-state index contributed by atoms with van der Waals surface area (Å²) in [5.41, 5.74) is 0. The Morgan fingerprint density at radius 3 is 1.25 bits per heavy atom. The summed E-state index contributed by atoms with van der Waals surface area (Å²) in [4.78, 5) is 0. The Bertz CT molecular complexity index is 175. The minimum absolute atomic E-state index is 1.04. The van der Waals surface area contributed by atoms with Gasteiger partial charge in [-0.05, 0) is 5.92 Å². The number of hydrogen-bond acceptors (Lipinski definition) is 1. The molecule has 0 saturated heterocycles. The molecule has 92 valence electrons. The second-order valence-electron chi connectivity index (χ2n) is 4.31. The van der Waals surface area contributed by atoms with Gasteiger partial charge in [0.1, 0.15) is 0 Å². The standard InChI is InChI=1S/C7H14.C6H6.C2H6O/c1-7-5-3-2-4-6-7;1-2-4-6-5-3-1;1-3-2/h7H,2-6H2,1H3;1-6H;1-2H3. The molecule has 0 aliphatic heterocycles. The Hall–Kier alpha value is -0.820. The lowest BCUT2D eigenvalue weighted by Gasteiger charge is -2.15. The molecule has 1 aromatic rings. The SMILES string of the molecule is CC1CCCCC1.COC.c1ccccc1. The molecular formula is C15H26O. The van der Waals surface area contributed by atoms with Crippen LogP contribution in [0.15, 0.2) is 36.4 Å². The first-order valence-electron chi connectivity index (χ1n) is 6.21. The van der Waals surface area contributed by atoms with Crippen LogP contribution in [0.3, 0.4) is 0 Å². The summed E-state index contributed by atoms with van der Waals surface area (Å²) in [5, 5.41) is 0. The van der Waals surface area contributed by atoms with Crippen molar-refractivity contribution in [2.75, 3.05) is 14.2 Å². The third-order valence-electron chi connectivity index (χ3n) is 2.56. The molecule has 0 N–H and O–H groups in total. The van der Waals surface area contributed by atoms with Crippen LogP contribution in [0, 0.1) is 5.92 Å². The summed E-state index contributed by atoms with van der Waals surface area (Å²) in [6.07, 6.45) is 7.44. The Kier molecular flexibility index (Phi) is 11.6. The third-order valence-corrected chi connectivity index (χ3v) is 2.56. The smallest absolute Gasteiger partial charge is 0.0351 e. The molecule has 1 aliphatic carbocycles. The molecule has 1 saturated carbocycles. The van der Waals surface area contributed by atoms with Crippen molar-refractivity contribution in [3.63, 3.8) is 0 Å². The molecule has 1 nitrogen and oxygen atoms in total. The molecule has 2 rings (SSSR count). The Morgan fingerprint density at radius 2 is 1.06 bits per heavy atom. The number of methoxy groups -OCH3 is 1. The predicted octanol–water partition coefficient (Wildman–Crippen LogP) is 4.54. The molecule has 0 heterocycles. The molecule has 1 fully saturated rings. The highest BCUT2D eigenvalue weighted by Gasteiger charge is 2.05. The monoisotopic (exact) mass is 222 g/mol. The van der Waals surface area contributed by atoms with E-state index in [1.807, 2.05) is 36.4 Å². The van der Waals surface area contributed by atoms with Crippen LogP contribution in [-0.4, -0.2) is 14.2 Å². The maximum Gasteiger partial charge on any atom is 0.0351 e. The van der Waals surface area contributed by atoms with E-state index in [1.54, 1.807) is 14.2 Å². The van der Waals surface area contributed by atoms with Gasteiger partial charge in [0.2, 0.25) is 0 Å². The fourth-order valence-electron chi connectivity index (χ4n) is 1.69. The summed E-state index contributed by atoms with van der Waals surface area (Å²) in [6, 6.07) is 12.0. The van der Waals surface area contributed by atoms with Crippen molar-refractivity contribution in [2.45, 2.75) is 39.0 Å². The molecule has 1 aromatic carbocycles. The topological polar surface area (TPSA) is 9.23 Å². The summed E-state index contributed by atoms with van der Waals surface area (Å²) < 4.78 is 4.25. The van der Waals surface area contributed by atoms with Crippen LogP contribution < -0.4 is 0 Å². The molecule has 0 spiro atoms. The van der Waals surface area contributed by atoms with Crippen LogP contribution in [0.2, 0.25) is 0 Å².